The lowest BCUT2D eigenvalue weighted by Gasteiger charge is -2.35. The second-order valence-corrected chi connectivity index (χ2v) is 22.3. The molecular weight excluding hydrogens is 1030 g/mol. The van der Waals surface area contributed by atoms with Crippen molar-refractivity contribution < 1.29 is 81.2 Å². The number of carbonyl (C=O) groups excluding carboxylic acids is 8. The van der Waals surface area contributed by atoms with E-state index in [4.69, 9.17) is 42.8 Å². The van der Waals surface area contributed by atoms with Gasteiger partial charge in [-0.1, -0.05) is 65.8 Å². The summed E-state index contributed by atoms with van der Waals surface area (Å²) in [5.41, 5.74) is -7.84. The maximum Gasteiger partial charge on any atom is 0.413 e. The Morgan fingerprint density at radius 2 is 1.38 bits per heavy atom. The summed E-state index contributed by atoms with van der Waals surface area (Å²) in [4.78, 5) is 134. The molecule has 0 saturated carbocycles. The summed E-state index contributed by atoms with van der Waals surface area (Å²) >= 11 is 0.883. The minimum atomic E-state index is -2.78. The third-order valence-corrected chi connectivity index (χ3v) is 12.9. The Morgan fingerprint density at radius 1 is 0.766 bits per heavy atom. The molecule has 7 heterocycles. The molecule has 24 nitrogen and oxygen atoms in total. The smallest absolute Gasteiger partial charge is 0.413 e. The van der Waals surface area contributed by atoms with Crippen LogP contribution in [-0.4, -0.2) is 133 Å². The number of anilines is 1. The summed E-state index contributed by atoms with van der Waals surface area (Å²) in [6, 6.07) is 15.7. The maximum absolute atomic E-state index is 14.6. The van der Waals surface area contributed by atoms with Gasteiger partial charge in [0.15, 0.2) is 16.6 Å². The number of hydroxylamine groups is 2. The van der Waals surface area contributed by atoms with E-state index in [1.165, 1.54) is 32.2 Å². The van der Waals surface area contributed by atoms with Crippen molar-refractivity contribution in [2.24, 2.45) is 5.16 Å². The predicted molar refractivity (Wildman–Crippen MR) is 266 cm³/mol. The number of cyclic esters (lactones) is 1. The topological polar surface area (TPSA) is 288 Å². The van der Waals surface area contributed by atoms with Gasteiger partial charge in [0, 0.05) is 35.4 Å². The number of carbonyl (C=O) groups is 8. The maximum atomic E-state index is 14.6. The number of nitrogens with one attached hydrogen (secondary N) is 2. The van der Waals surface area contributed by atoms with Gasteiger partial charge >= 0.3 is 35.5 Å². The van der Waals surface area contributed by atoms with Crippen LogP contribution in [0.2, 0.25) is 0 Å². The van der Waals surface area contributed by atoms with E-state index < -0.39 is 118 Å². The number of amides is 5. The highest BCUT2D eigenvalue weighted by Gasteiger charge is 2.66. The van der Waals surface area contributed by atoms with Crippen LogP contribution in [0.15, 0.2) is 77.3 Å². The molecule has 406 valence electrons. The van der Waals surface area contributed by atoms with Crippen LogP contribution in [0, 0.1) is 0 Å². The number of imide groups is 1. The number of ether oxygens (including phenoxy) is 7. The number of fused-ring (bicyclic) bond motifs is 2. The van der Waals surface area contributed by atoms with E-state index in [-0.39, 0.29) is 54.1 Å². The van der Waals surface area contributed by atoms with Gasteiger partial charge in [-0.15, -0.1) is 11.3 Å². The number of esters is 3. The van der Waals surface area contributed by atoms with Crippen molar-refractivity contribution in [1.29, 1.82) is 0 Å². The Hall–Kier alpha value is -8.03. The summed E-state index contributed by atoms with van der Waals surface area (Å²) in [7, 11) is 0. The molecule has 5 amide bonds. The van der Waals surface area contributed by atoms with Crippen LogP contribution >= 0.6 is 11.3 Å². The molecule has 3 atom stereocenters. The fraction of sp³-hybridized carbons (Fsp3) is 0.442. The van der Waals surface area contributed by atoms with Crippen LogP contribution in [0.25, 0.3) is 0 Å². The second kappa shape index (κ2) is 19.8. The first-order valence-electron chi connectivity index (χ1n) is 24.4. The third-order valence-electron chi connectivity index (χ3n) is 12.1. The number of nitrogens with zero attached hydrogens (tertiary/aromatic N) is 5. The van der Waals surface area contributed by atoms with E-state index >= 15 is 0 Å². The van der Waals surface area contributed by atoms with Gasteiger partial charge < -0.3 is 43.3 Å². The molecule has 0 aliphatic carbocycles. The molecule has 5 aliphatic heterocycles. The van der Waals surface area contributed by atoms with E-state index in [0.29, 0.717) is 21.1 Å². The number of hydrogen-bond acceptors (Lipinski definition) is 21. The van der Waals surface area contributed by atoms with Crippen LogP contribution in [-0.2, 0) is 63.1 Å². The molecule has 9 rings (SSSR count). The molecule has 0 spiro atoms. The van der Waals surface area contributed by atoms with Crippen molar-refractivity contribution in [2.75, 3.05) is 25.1 Å². The second-order valence-electron chi connectivity index (χ2n) is 21.4. The minimum Gasteiger partial charge on any atom is -0.457 e. The molecule has 2 aromatic heterocycles. The highest BCUT2D eigenvalue weighted by Crippen LogP contribution is 2.49. The van der Waals surface area contributed by atoms with Crippen LogP contribution in [0.4, 0.5) is 9.93 Å². The van der Waals surface area contributed by atoms with Gasteiger partial charge in [0.05, 0.1) is 25.2 Å². The van der Waals surface area contributed by atoms with Crippen molar-refractivity contribution in [3.8, 4) is 11.6 Å². The zero-order valence-electron chi connectivity index (χ0n) is 43.4. The van der Waals surface area contributed by atoms with Gasteiger partial charge in [0.1, 0.15) is 46.9 Å². The highest BCUT2D eigenvalue weighted by atomic mass is 32.1. The van der Waals surface area contributed by atoms with Crippen LogP contribution < -0.4 is 20.1 Å². The molecule has 2 aromatic carbocycles. The minimum absolute atomic E-state index is 0.0132. The first-order chi connectivity index (χ1) is 36.2. The van der Waals surface area contributed by atoms with Gasteiger partial charge in [-0.3, -0.25) is 34.2 Å². The Bertz CT molecular complexity index is 3000. The van der Waals surface area contributed by atoms with E-state index in [0.717, 1.165) is 11.3 Å². The van der Waals surface area contributed by atoms with Crippen LogP contribution in [0.5, 0.6) is 11.6 Å². The van der Waals surface area contributed by atoms with Gasteiger partial charge in [-0.2, -0.15) is 5.06 Å². The summed E-state index contributed by atoms with van der Waals surface area (Å²) in [6.07, 6.45) is -1.79. The SMILES string of the molecule is CC(C)(C)OC(=O)Nc1nc(/C(=N/OC2(C(=O)OC(C)(C)C)CCOCC2)C(=O)N[C@H]2CON(C3(C(=O)OC(C)(C)C)C[C@H](N4C(=O)c5cc6c(nc5C4=O)OC(c4ccccc4)(c4ccccc4)O6)C(=O)O3)C2=O)cs1. The fourth-order valence-corrected chi connectivity index (χ4v) is 9.40. The molecule has 5 aliphatic rings. The number of benzene rings is 2. The van der Waals surface area contributed by atoms with Crippen LogP contribution in [0.1, 0.15) is 119 Å². The van der Waals surface area contributed by atoms with Crippen molar-refractivity contribution in [3.63, 3.8) is 0 Å². The van der Waals surface area contributed by atoms with Gasteiger partial charge in [0.2, 0.25) is 5.60 Å². The summed E-state index contributed by atoms with van der Waals surface area (Å²) in [5.74, 6) is -9.38. The molecule has 0 bridgehead atoms. The first-order valence-corrected chi connectivity index (χ1v) is 25.3. The fourth-order valence-electron chi connectivity index (χ4n) is 8.72. The van der Waals surface area contributed by atoms with E-state index in [9.17, 15) is 38.4 Å². The average Bonchev–Trinajstić information content (AvgIpc) is 4.22. The lowest BCUT2D eigenvalue weighted by atomic mass is 9.94. The molecule has 25 heteroatoms. The number of thiazole rings is 1. The Kier molecular flexibility index (Phi) is 13.9. The van der Waals surface area contributed by atoms with Crippen LogP contribution in [0.3, 0.4) is 0 Å². The first kappa shape index (κ1) is 53.8. The van der Waals surface area contributed by atoms with Gasteiger partial charge in [-0.25, -0.2) is 29.1 Å². The van der Waals surface area contributed by atoms with E-state index in [1.54, 1.807) is 90.1 Å². The molecule has 3 fully saturated rings. The van der Waals surface area contributed by atoms with Crippen molar-refractivity contribution >= 4 is 69.8 Å². The number of aromatic nitrogens is 2. The number of rotatable bonds is 12. The molecule has 3 saturated heterocycles. The zero-order valence-corrected chi connectivity index (χ0v) is 44.2. The summed E-state index contributed by atoms with van der Waals surface area (Å²) in [6.45, 7) is 14.0. The quantitative estimate of drug-likeness (QED) is 0.0615. The predicted octanol–water partition coefficient (Wildman–Crippen LogP) is 5.08. The summed E-state index contributed by atoms with van der Waals surface area (Å²) < 4.78 is 40.8. The largest absolute Gasteiger partial charge is 0.457 e. The molecule has 1 unspecified atom stereocenters. The zero-order chi connectivity index (χ0) is 55.5. The molecule has 0 radical (unpaired) electrons. The number of hydrogen-bond donors (Lipinski definition) is 2. The van der Waals surface area contributed by atoms with E-state index in [2.05, 4.69) is 25.8 Å². The average molecular weight is 1080 g/mol. The lowest BCUT2D eigenvalue weighted by molar-refractivity contribution is -0.263. The molecule has 2 N–H and O–H groups in total. The molecular formula is C52H55N7O17S. The Balaban J connectivity index is 0.984. The Labute approximate surface area is 444 Å². The number of pyridine rings is 1. The van der Waals surface area contributed by atoms with Crippen molar-refractivity contribution in [1.82, 2.24) is 25.2 Å². The summed E-state index contributed by atoms with van der Waals surface area (Å²) in [5, 5.41) is 10.8. The molecule has 4 aromatic rings. The van der Waals surface area contributed by atoms with E-state index in [1.807, 2.05) is 12.1 Å². The lowest BCUT2D eigenvalue weighted by Crippen LogP contribution is -2.59. The normalized spacial score (nSPS) is 21.8. The monoisotopic (exact) mass is 1080 g/mol. The standard InChI is InChI=1S/C52H55N7O17S/c1-47(2,3)73-43(65)50(20-22-68-23-21-50)76-57-36(32-27-77-45(54-32)56-46(67)75-49(7,8)9)37(60)53-31-26-69-59(40(31)62)51(44(66)74-48(4,5)6)25-33(42(64)72-51)58-39(61)30-24-34-38(55-35(30)41(58)63)71-52(70-34,28-16-12-10-13-17-28)29-18-14-11-15-19-29/h10-19,24,27,31,33H,20-23,25-26H2,1-9H3,(H,53,60)(H,54,56,67)/b57-36-/t31-,33-,51?/m0/s1. The Morgan fingerprint density at radius 3 is 1.99 bits per heavy atom. The number of oxime groups is 1. The highest BCUT2D eigenvalue weighted by molar-refractivity contribution is 7.14. The van der Waals surface area contributed by atoms with Gasteiger partial charge in [0.25, 0.3) is 29.5 Å². The van der Waals surface area contributed by atoms with Crippen molar-refractivity contribution in [3.05, 3.63) is 100 Å². The van der Waals surface area contributed by atoms with Crippen molar-refractivity contribution in [2.45, 2.75) is 128 Å². The molecule has 77 heavy (non-hydrogen) atoms. The van der Waals surface area contributed by atoms with Gasteiger partial charge in [-0.05, 0) is 62.3 Å². The third kappa shape index (κ3) is 10.6.